The lowest BCUT2D eigenvalue weighted by molar-refractivity contribution is -0.134. The van der Waals surface area contributed by atoms with Gasteiger partial charge in [0.2, 0.25) is 5.91 Å². The number of hydrogen-bond acceptors (Lipinski definition) is 3. The van der Waals surface area contributed by atoms with Gasteiger partial charge < -0.3 is 15.0 Å². The summed E-state index contributed by atoms with van der Waals surface area (Å²) in [6.07, 6.45) is 1.15. The highest BCUT2D eigenvalue weighted by atomic mass is 35.5. The average molecular weight is 373 g/mol. The number of likely N-dealkylation sites (N-methyl/N-ethyl adjacent to an activating group) is 1. The Morgan fingerprint density at radius 3 is 2.85 bits per heavy atom. The minimum Gasteiger partial charge on any atom is -0.484 e. The highest BCUT2D eigenvalue weighted by molar-refractivity contribution is 6.30. The normalized spacial score (nSPS) is 14.2. The first-order valence-electron chi connectivity index (χ1n) is 8.51. The summed E-state index contributed by atoms with van der Waals surface area (Å²) in [6, 6.07) is 12.8. The van der Waals surface area contributed by atoms with E-state index in [0.29, 0.717) is 23.6 Å². The minimum atomic E-state index is -0.122. The molecule has 0 spiro atoms. The van der Waals surface area contributed by atoms with Crippen LogP contribution in [0.25, 0.3) is 0 Å². The second-order valence-electron chi connectivity index (χ2n) is 6.39. The molecular formula is C20H21ClN2O3. The molecule has 0 saturated heterocycles. The summed E-state index contributed by atoms with van der Waals surface area (Å²) < 4.78 is 5.66. The van der Waals surface area contributed by atoms with Crippen LogP contribution in [0.5, 0.6) is 5.75 Å². The van der Waals surface area contributed by atoms with E-state index in [1.165, 1.54) is 0 Å². The molecule has 1 unspecified atom stereocenters. The van der Waals surface area contributed by atoms with Crippen molar-refractivity contribution in [2.24, 2.45) is 0 Å². The number of ether oxygens (including phenoxy) is 1. The maximum absolute atomic E-state index is 12.5. The third-order valence-corrected chi connectivity index (χ3v) is 4.88. The SMILES string of the molecule is CC(c1cccc(Cl)c1)N(C)C(=O)COc1ccc2c(c1)CCC(=O)N2. The molecule has 26 heavy (non-hydrogen) atoms. The number of anilines is 1. The van der Waals surface area contributed by atoms with E-state index in [2.05, 4.69) is 5.32 Å². The largest absolute Gasteiger partial charge is 0.484 e. The Balaban J connectivity index is 1.60. The van der Waals surface area contributed by atoms with Gasteiger partial charge in [0.1, 0.15) is 5.75 Å². The fourth-order valence-corrected chi connectivity index (χ4v) is 3.10. The van der Waals surface area contributed by atoms with Crippen molar-refractivity contribution < 1.29 is 14.3 Å². The van der Waals surface area contributed by atoms with Gasteiger partial charge in [0, 0.05) is 24.2 Å². The molecule has 0 bridgehead atoms. The number of nitrogens with one attached hydrogen (secondary N) is 1. The minimum absolute atomic E-state index is 0.0259. The number of aryl methyl sites for hydroxylation is 1. The van der Waals surface area contributed by atoms with Gasteiger partial charge in [0.15, 0.2) is 6.61 Å². The smallest absolute Gasteiger partial charge is 0.260 e. The molecule has 1 N–H and O–H groups in total. The molecule has 6 heteroatoms. The monoisotopic (exact) mass is 372 g/mol. The van der Waals surface area contributed by atoms with Gasteiger partial charge in [0.25, 0.3) is 5.91 Å². The number of rotatable bonds is 5. The number of fused-ring (bicyclic) bond motifs is 1. The number of halogens is 1. The lowest BCUT2D eigenvalue weighted by Gasteiger charge is -2.25. The highest BCUT2D eigenvalue weighted by Crippen LogP contribution is 2.27. The Hall–Kier alpha value is -2.53. The number of benzene rings is 2. The van der Waals surface area contributed by atoms with Crippen LogP contribution in [0.3, 0.4) is 0 Å². The molecule has 1 atom stereocenters. The fraction of sp³-hybridized carbons (Fsp3) is 0.300. The van der Waals surface area contributed by atoms with E-state index in [1.807, 2.05) is 37.3 Å². The number of amides is 2. The lowest BCUT2D eigenvalue weighted by atomic mass is 10.0. The van der Waals surface area contributed by atoms with E-state index < -0.39 is 0 Å². The summed E-state index contributed by atoms with van der Waals surface area (Å²) in [5.74, 6) is 0.526. The maximum atomic E-state index is 12.5. The van der Waals surface area contributed by atoms with Crippen LogP contribution in [0.1, 0.15) is 30.5 Å². The van der Waals surface area contributed by atoms with Gasteiger partial charge in [-0.05, 0) is 54.8 Å². The van der Waals surface area contributed by atoms with Crippen LogP contribution >= 0.6 is 11.6 Å². The molecule has 2 aromatic carbocycles. The van der Waals surface area contributed by atoms with Crippen LogP contribution in [0, 0.1) is 0 Å². The van der Waals surface area contributed by atoms with E-state index >= 15 is 0 Å². The van der Waals surface area contributed by atoms with Crippen molar-refractivity contribution in [2.45, 2.75) is 25.8 Å². The Morgan fingerprint density at radius 1 is 1.27 bits per heavy atom. The Bertz CT molecular complexity index is 838. The quantitative estimate of drug-likeness (QED) is 0.867. The van der Waals surface area contributed by atoms with Crippen LogP contribution in [0.4, 0.5) is 5.69 Å². The van der Waals surface area contributed by atoms with Crippen LogP contribution in [-0.2, 0) is 16.0 Å². The van der Waals surface area contributed by atoms with E-state index in [1.54, 1.807) is 24.1 Å². The van der Waals surface area contributed by atoms with Crippen molar-refractivity contribution in [1.82, 2.24) is 4.90 Å². The van der Waals surface area contributed by atoms with Crippen molar-refractivity contribution in [3.05, 3.63) is 58.6 Å². The zero-order chi connectivity index (χ0) is 18.7. The van der Waals surface area contributed by atoms with E-state index in [4.69, 9.17) is 16.3 Å². The van der Waals surface area contributed by atoms with Gasteiger partial charge in [-0.2, -0.15) is 0 Å². The number of hydrogen-bond donors (Lipinski definition) is 1. The van der Waals surface area contributed by atoms with Gasteiger partial charge in [-0.15, -0.1) is 0 Å². The molecule has 1 aliphatic heterocycles. The van der Waals surface area contributed by atoms with Crippen molar-refractivity contribution in [1.29, 1.82) is 0 Å². The predicted molar refractivity (Wildman–Crippen MR) is 102 cm³/mol. The van der Waals surface area contributed by atoms with E-state index in [0.717, 1.165) is 16.8 Å². The summed E-state index contributed by atoms with van der Waals surface area (Å²) in [4.78, 5) is 25.5. The highest BCUT2D eigenvalue weighted by Gasteiger charge is 2.19. The molecule has 0 radical (unpaired) electrons. The molecular weight excluding hydrogens is 352 g/mol. The number of carbonyl (C=O) groups is 2. The second-order valence-corrected chi connectivity index (χ2v) is 6.83. The molecule has 0 saturated carbocycles. The van der Waals surface area contributed by atoms with Crippen molar-refractivity contribution >= 4 is 29.1 Å². The topological polar surface area (TPSA) is 58.6 Å². The maximum Gasteiger partial charge on any atom is 0.260 e. The molecule has 136 valence electrons. The first-order valence-corrected chi connectivity index (χ1v) is 8.88. The van der Waals surface area contributed by atoms with Gasteiger partial charge in [-0.3, -0.25) is 9.59 Å². The van der Waals surface area contributed by atoms with Crippen molar-refractivity contribution in [3.63, 3.8) is 0 Å². The first kappa shape index (κ1) is 18.3. The lowest BCUT2D eigenvalue weighted by Crippen LogP contribution is -2.33. The molecule has 0 aliphatic carbocycles. The first-order chi connectivity index (χ1) is 12.4. The molecule has 0 fully saturated rings. The molecule has 3 rings (SSSR count). The van der Waals surface area contributed by atoms with Gasteiger partial charge >= 0.3 is 0 Å². The number of nitrogens with zero attached hydrogens (tertiary/aromatic N) is 1. The number of carbonyl (C=O) groups excluding carboxylic acids is 2. The summed E-state index contributed by atoms with van der Waals surface area (Å²) in [6.45, 7) is 1.90. The summed E-state index contributed by atoms with van der Waals surface area (Å²) in [5, 5.41) is 3.47. The van der Waals surface area contributed by atoms with Crippen LogP contribution < -0.4 is 10.1 Å². The Morgan fingerprint density at radius 2 is 2.08 bits per heavy atom. The van der Waals surface area contributed by atoms with Gasteiger partial charge in [0.05, 0.1) is 6.04 Å². The average Bonchev–Trinajstić information content (AvgIpc) is 2.64. The molecule has 0 aromatic heterocycles. The zero-order valence-corrected chi connectivity index (χ0v) is 15.5. The Kier molecular flexibility index (Phi) is 5.47. The molecule has 1 aliphatic rings. The van der Waals surface area contributed by atoms with Crippen LogP contribution in [0.2, 0.25) is 5.02 Å². The van der Waals surface area contributed by atoms with Gasteiger partial charge in [-0.1, -0.05) is 23.7 Å². The summed E-state index contributed by atoms with van der Waals surface area (Å²) in [7, 11) is 1.75. The predicted octanol–water partition coefficient (Wildman–Crippen LogP) is 3.82. The van der Waals surface area contributed by atoms with E-state index in [9.17, 15) is 9.59 Å². The second kappa shape index (κ2) is 7.79. The third-order valence-electron chi connectivity index (χ3n) is 4.64. The van der Waals surface area contributed by atoms with E-state index in [-0.39, 0.29) is 24.5 Å². The summed E-state index contributed by atoms with van der Waals surface area (Å²) >= 11 is 6.03. The summed E-state index contributed by atoms with van der Waals surface area (Å²) in [5.41, 5.74) is 2.81. The molecule has 5 nitrogen and oxygen atoms in total. The molecule has 2 amide bonds. The van der Waals surface area contributed by atoms with Crippen LogP contribution in [-0.4, -0.2) is 30.4 Å². The van der Waals surface area contributed by atoms with Gasteiger partial charge in [-0.25, -0.2) is 0 Å². The standard InChI is InChI=1S/C20H21ClN2O3/c1-13(14-4-3-5-16(21)10-14)23(2)20(25)12-26-17-7-8-18-15(11-17)6-9-19(24)22-18/h3-5,7-8,10-11,13H,6,9,12H2,1-2H3,(H,22,24). The third kappa shape index (κ3) is 4.17. The Labute approximate surface area is 157 Å². The molecule has 1 heterocycles. The van der Waals surface area contributed by atoms with Crippen LogP contribution in [0.15, 0.2) is 42.5 Å². The van der Waals surface area contributed by atoms with Crippen molar-refractivity contribution in [3.8, 4) is 5.75 Å². The zero-order valence-electron chi connectivity index (χ0n) is 14.8. The van der Waals surface area contributed by atoms with Crippen molar-refractivity contribution in [2.75, 3.05) is 19.0 Å². The molecule has 2 aromatic rings. The fourth-order valence-electron chi connectivity index (χ4n) is 2.90.